The largest absolute Gasteiger partial charge is 0.454 e. The van der Waals surface area contributed by atoms with Gasteiger partial charge < -0.3 is 19.8 Å². The van der Waals surface area contributed by atoms with Crippen molar-refractivity contribution in [2.45, 2.75) is 51.4 Å². The first-order chi connectivity index (χ1) is 13.8. The van der Waals surface area contributed by atoms with E-state index in [9.17, 15) is 4.79 Å². The fourth-order valence-corrected chi connectivity index (χ4v) is 4.12. The molecule has 0 bridgehead atoms. The van der Waals surface area contributed by atoms with Crippen LogP contribution in [0, 0.1) is 6.92 Å². The second kappa shape index (κ2) is 6.02. The zero-order valence-electron chi connectivity index (χ0n) is 17.3. The number of H-pyrrole nitrogens is 1. The molecule has 0 atom stereocenters. The molecule has 5 rings (SSSR count). The molecular weight excluding hydrogens is 364 g/mol. The van der Waals surface area contributed by atoms with Crippen molar-refractivity contribution in [1.82, 2.24) is 4.98 Å². The molecule has 0 unspecified atom stereocenters. The molecule has 0 radical (unpaired) electrons. The molecule has 2 heterocycles. The maximum Gasteiger partial charge on any atom is 0.235 e. The number of aromatic amines is 1. The van der Waals surface area contributed by atoms with Crippen LogP contribution in [0.2, 0.25) is 0 Å². The lowest BCUT2D eigenvalue weighted by molar-refractivity contribution is -0.118. The van der Waals surface area contributed by atoms with Gasteiger partial charge in [-0.15, -0.1) is 0 Å². The fourth-order valence-electron chi connectivity index (χ4n) is 4.12. The van der Waals surface area contributed by atoms with Gasteiger partial charge in [-0.1, -0.05) is 26.8 Å². The van der Waals surface area contributed by atoms with E-state index in [4.69, 9.17) is 9.47 Å². The van der Waals surface area contributed by atoms with Crippen LogP contribution < -0.4 is 14.8 Å². The number of aryl methyl sites for hydroxylation is 1. The van der Waals surface area contributed by atoms with E-state index >= 15 is 0 Å². The van der Waals surface area contributed by atoms with Gasteiger partial charge in [0.05, 0.1) is 5.41 Å². The maximum absolute atomic E-state index is 13.2. The lowest BCUT2D eigenvalue weighted by atomic mass is 9.92. The second-order valence-electron chi connectivity index (χ2n) is 9.29. The van der Waals surface area contributed by atoms with Crippen molar-refractivity contribution >= 4 is 22.5 Å². The van der Waals surface area contributed by atoms with Crippen molar-refractivity contribution in [3.63, 3.8) is 0 Å². The molecule has 3 aromatic rings. The Morgan fingerprint density at radius 3 is 2.59 bits per heavy atom. The van der Waals surface area contributed by atoms with Crippen LogP contribution in [0.3, 0.4) is 0 Å². The minimum atomic E-state index is -0.474. The number of fused-ring (bicyclic) bond motifs is 2. The predicted octanol–water partition coefficient (Wildman–Crippen LogP) is 5.42. The number of amides is 1. The lowest BCUT2D eigenvalue weighted by Gasteiger charge is -2.17. The van der Waals surface area contributed by atoms with E-state index in [2.05, 4.69) is 50.1 Å². The monoisotopic (exact) mass is 392 g/mol. The maximum atomic E-state index is 13.2. The first-order valence-corrected chi connectivity index (χ1v) is 10.1. The van der Waals surface area contributed by atoms with Gasteiger partial charge in [0.1, 0.15) is 0 Å². The fraction of sp³-hybridized carbons (Fsp3) is 0.375. The van der Waals surface area contributed by atoms with Crippen molar-refractivity contribution in [2.24, 2.45) is 0 Å². The minimum Gasteiger partial charge on any atom is -0.454 e. The standard InChI is InChI=1S/C24H26N2O3.H2/c1-14-9-17(10-15-11-20(23(2,3)4)26-21(14)15)25-22(27)24(7-8-24)16-5-6-18-19(12-16)29-13-28-18;/h5-6,9-12,26H,7-8,13H2,1-4H3,(H,25,27);1H. The Morgan fingerprint density at radius 1 is 1.10 bits per heavy atom. The quantitative estimate of drug-likeness (QED) is 0.626. The highest BCUT2D eigenvalue weighted by Gasteiger charge is 2.51. The third kappa shape index (κ3) is 2.96. The molecule has 2 aliphatic rings. The Balaban J connectivity index is 0.00000218. The summed E-state index contributed by atoms with van der Waals surface area (Å²) in [6, 6.07) is 12.1. The number of benzene rings is 2. The summed E-state index contributed by atoms with van der Waals surface area (Å²) in [5.41, 5.74) is 4.86. The third-order valence-electron chi connectivity index (χ3n) is 6.10. The molecular formula is C24H28N2O3. The summed E-state index contributed by atoms with van der Waals surface area (Å²) in [5, 5.41) is 4.29. The van der Waals surface area contributed by atoms with Crippen molar-refractivity contribution in [1.29, 1.82) is 0 Å². The third-order valence-corrected chi connectivity index (χ3v) is 6.10. The van der Waals surface area contributed by atoms with Crippen LogP contribution in [-0.2, 0) is 15.6 Å². The van der Waals surface area contributed by atoms with Gasteiger partial charge in [-0.05, 0) is 61.2 Å². The van der Waals surface area contributed by atoms with Gasteiger partial charge in [0, 0.05) is 29.1 Å². The molecule has 2 aromatic carbocycles. The molecule has 0 saturated heterocycles. The number of hydrogen-bond donors (Lipinski definition) is 2. The summed E-state index contributed by atoms with van der Waals surface area (Å²) >= 11 is 0. The Hall–Kier alpha value is -2.95. The molecule has 29 heavy (non-hydrogen) atoms. The topological polar surface area (TPSA) is 63.4 Å². The highest BCUT2D eigenvalue weighted by molar-refractivity contribution is 6.03. The number of hydrogen-bond acceptors (Lipinski definition) is 3. The van der Waals surface area contributed by atoms with Crippen LogP contribution in [0.4, 0.5) is 5.69 Å². The molecule has 1 aromatic heterocycles. The lowest BCUT2D eigenvalue weighted by Crippen LogP contribution is -2.27. The van der Waals surface area contributed by atoms with Crippen molar-refractivity contribution < 1.29 is 15.7 Å². The number of aromatic nitrogens is 1. The molecule has 0 spiro atoms. The highest BCUT2D eigenvalue weighted by Crippen LogP contribution is 2.51. The van der Waals surface area contributed by atoms with Crippen LogP contribution in [0.15, 0.2) is 36.4 Å². The molecule has 1 amide bonds. The van der Waals surface area contributed by atoms with Crippen LogP contribution in [0.25, 0.3) is 10.9 Å². The smallest absolute Gasteiger partial charge is 0.235 e. The van der Waals surface area contributed by atoms with E-state index in [1.807, 2.05) is 24.3 Å². The van der Waals surface area contributed by atoms with Gasteiger partial charge in [-0.25, -0.2) is 0 Å². The van der Waals surface area contributed by atoms with Gasteiger partial charge in [0.15, 0.2) is 11.5 Å². The molecule has 1 saturated carbocycles. The highest BCUT2D eigenvalue weighted by atomic mass is 16.7. The number of rotatable bonds is 3. The molecule has 1 aliphatic heterocycles. The average Bonchev–Trinajstić information content (AvgIpc) is 3.12. The van der Waals surface area contributed by atoms with Gasteiger partial charge in [0.2, 0.25) is 12.7 Å². The molecule has 5 heteroatoms. The van der Waals surface area contributed by atoms with Crippen LogP contribution in [-0.4, -0.2) is 17.7 Å². The van der Waals surface area contributed by atoms with E-state index in [1.165, 1.54) is 5.69 Å². The van der Waals surface area contributed by atoms with E-state index in [1.54, 1.807) is 0 Å². The molecule has 2 N–H and O–H groups in total. The van der Waals surface area contributed by atoms with Gasteiger partial charge >= 0.3 is 0 Å². The second-order valence-corrected chi connectivity index (χ2v) is 9.29. The average molecular weight is 392 g/mol. The van der Waals surface area contributed by atoms with Crippen molar-refractivity contribution in [2.75, 3.05) is 12.1 Å². The van der Waals surface area contributed by atoms with Gasteiger partial charge in [0.25, 0.3) is 0 Å². The number of nitrogens with one attached hydrogen (secondary N) is 2. The minimum absolute atomic E-state index is 0. The summed E-state index contributed by atoms with van der Waals surface area (Å²) in [5.74, 6) is 1.51. The Kier molecular flexibility index (Phi) is 3.76. The first kappa shape index (κ1) is 18.1. The molecule has 1 aliphatic carbocycles. The Morgan fingerprint density at radius 2 is 1.86 bits per heavy atom. The molecule has 5 nitrogen and oxygen atoms in total. The van der Waals surface area contributed by atoms with Gasteiger partial charge in [-0.3, -0.25) is 4.79 Å². The first-order valence-electron chi connectivity index (χ1n) is 10.1. The van der Waals surface area contributed by atoms with E-state index in [0.29, 0.717) is 0 Å². The van der Waals surface area contributed by atoms with E-state index in [0.717, 1.165) is 52.1 Å². The zero-order chi connectivity index (χ0) is 20.4. The Labute approximate surface area is 171 Å². The van der Waals surface area contributed by atoms with E-state index < -0.39 is 5.41 Å². The number of ether oxygens (including phenoxy) is 2. The van der Waals surface area contributed by atoms with Gasteiger partial charge in [-0.2, -0.15) is 0 Å². The SMILES string of the molecule is Cc1cc(NC(=O)C2(c3ccc4c(c3)OCO4)CC2)cc2cc(C(C)(C)C)[nH]c12.[HH]. The summed E-state index contributed by atoms with van der Waals surface area (Å²) in [7, 11) is 0. The molecule has 1 fully saturated rings. The zero-order valence-corrected chi connectivity index (χ0v) is 17.3. The van der Waals surface area contributed by atoms with E-state index in [-0.39, 0.29) is 19.5 Å². The Bertz CT molecular complexity index is 1140. The van der Waals surface area contributed by atoms with Crippen LogP contribution in [0.1, 0.15) is 51.9 Å². The van der Waals surface area contributed by atoms with Crippen LogP contribution >= 0.6 is 0 Å². The summed E-state index contributed by atoms with van der Waals surface area (Å²) < 4.78 is 10.9. The summed E-state index contributed by atoms with van der Waals surface area (Å²) in [6.07, 6.45) is 1.69. The predicted molar refractivity (Wildman–Crippen MR) is 116 cm³/mol. The van der Waals surface area contributed by atoms with Crippen molar-refractivity contribution in [3.05, 3.63) is 53.2 Å². The normalized spacial score (nSPS) is 16.8. The van der Waals surface area contributed by atoms with Crippen LogP contribution in [0.5, 0.6) is 11.5 Å². The number of carbonyl (C=O) groups excluding carboxylic acids is 1. The summed E-state index contributed by atoms with van der Waals surface area (Å²) in [6.45, 7) is 8.89. The van der Waals surface area contributed by atoms with Crippen molar-refractivity contribution in [3.8, 4) is 11.5 Å². The summed E-state index contributed by atoms with van der Waals surface area (Å²) in [4.78, 5) is 16.8. The number of carbonyl (C=O) groups is 1. The molecule has 152 valence electrons. The number of anilines is 1.